The number of nitrogens with two attached hydrogens (primary N) is 1. The molecule has 4 heteroatoms. The summed E-state index contributed by atoms with van der Waals surface area (Å²) in [7, 11) is 0. The van der Waals surface area contributed by atoms with Crippen LogP contribution in [0.1, 0.15) is 50.1 Å². The summed E-state index contributed by atoms with van der Waals surface area (Å²) in [5.41, 5.74) is 6.33. The van der Waals surface area contributed by atoms with Crippen molar-refractivity contribution in [1.82, 2.24) is 10.3 Å². The zero-order chi connectivity index (χ0) is 12.1. The maximum absolute atomic E-state index is 5.99. The van der Waals surface area contributed by atoms with E-state index in [0.717, 1.165) is 13.1 Å². The Morgan fingerprint density at radius 3 is 2.82 bits per heavy atom. The highest BCUT2D eigenvalue weighted by atomic mass is 32.1. The molecule has 1 aliphatic carbocycles. The van der Waals surface area contributed by atoms with E-state index in [9.17, 15) is 0 Å². The molecule has 3 N–H and O–H groups in total. The first-order valence-electron chi connectivity index (χ1n) is 6.59. The molecule has 1 atom stereocenters. The van der Waals surface area contributed by atoms with Crippen molar-refractivity contribution in [2.75, 3.05) is 13.1 Å². The summed E-state index contributed by atoms with van der Waals surface area (Å²) >= 11 is 1.72. The van der Waals surface area contributed by atoms with Crippen LogP contribution in [0.2, 0.25) is 0 Å². The van der Waals surface area contributed by atoms with E-state index in [0.29, 0.717) is 11.5 Å². The van der Waals surface area contributed by atoms with Crippen LogP contribution in [0.15, 0.2) is 11.6 Å². The number of hydrogen-bond acceptors (Lipinski definition) is 4. The summed E-state index contributed by atoms with van der Waals surface area (Å²) in [6, 6.07) is 0.348. The Morgan fingerprint density at radius 1 is 1.47 bits per heavy atom. The average molecular weight is 253 g/mol. The lowest BCUT2D eigenvalue weighted by Crippen LogP contribution is -2.42. The lowest BCUT2D eigenvalue weighted by atomic mass is 9.74. The van der Waals surface area contributed by atoms with Crippen molar-refractivity contribution in [1.29, 1.82) is 0 Å². The third-order valence-electron chi connectivity index (χ3n) is 3.95. The number of rotatable bonds is 5. The van der Waals surface area contributed by atoms with E-state index < -0.39 is 0 Å². The van der Waals surface area contributed by atoms with Gasteiger partial charge in [-0.1, -0.05) is 19.3 Å². The second-order valence-corrected chi connectivity index (χ2v) is 6.16. The smallest absolute Gasteiger partial charge is 0.109 e. The van der Waals surface area contributed by atoms with Gasteiger partial charge in [-0.25, -0.2) is 4.98 Å². The van der Waals surface area contributed by atoms with Crippen molar-refractivity contribution in [2.45, 2.75) is 45.1 Å². The molecule has 1 aromatic heterocycles. The molecule has 1 unspecified atom stereocenters. The topological polar surface area (TPSA) is 50.9 Å². The molecule has 2 rings (SSSR count). The Labute approximate surface area is 108 Å². The Bertz CT molecular complexity index is 317. The maximum Gasteiger partial charge on any atom is 0.109 e. The van der Waals surface area contributed by atoms with Crippen LogP contribution in [0.4, 0.5) is 0 Å². The zero-order valence-corrected chi connectivity index (χ0v) is 11.4. The molecular weight excluding hydrogens is 230 g/mol. The molecule has 1 fully saturated rings. The standard InChI is InChI=1S/C13H23N3S/c1-11(12-15-7-8-17-12)16-10-13(9-14)5-3-2-4-6-13/h7-8,11,16H,2-6,9-10,14H2,1H3. The summed E-state index contributed by atoms with van der Waals surface area (Å²) in [5.74, 6) is 0. The fourth-order valence-corrected chi connectivity index (χ4v) is 3.33. The van der Waals surface area contributed by atoms with E-state index in [1.54, 1.807) is 11.3 Å². The minimum atomic E-state index is 0.337. The van der Waals surface area contributed by atoms with Crippen molar-refractivity contribution in [3.63, 3.8) is 0 Å². The molecule has 0 aliphatic heterocycles. The van der Waals surface area contributed by atoms with Gasteiger partial charge in [0.05, 0.1) is 6.04 Å². The van der Waals surface area contributed by atoms with Crippen LogP contribution in [-0.4, -0.2) is 18.1 Å². The summed E-state index contributed by atoms with van der Waals surface area (Å²) in [5, 5.41) is 6.82. The van der Waals surface area contributed by atoms with E-state index >= 15 is 0 Å². The van der Waals surface area contributed by atoms with E-state index in [-0.39, 0.29) is 0 Å². The quantitative estimate of drug-likeness (QED) is 0.848. The van der Waals surface area contributed by atoms with Gasteiger partial charge in [-0.3, -0.25) is 0 Å². The lowest BCUT2D eigenvalue weighted by Gasteiger charge is -2.37. The van der Waals surface area contributed by atoms with Crippen molar-refractivity contribution in [3.05, 3.63) is 16.6 Å². The van der Waals surface area contributed by atoms with Gasteiger partial charge in [0.15, 0.2) is 0 Å². The highest BCUT2D eigenvalue weighted by Crippen LogP contribution is 2.35. The highest BCUT2D eigenvalue weighted by molar-refractivity contribution is 7.09. The van der Waals surface area contributed by atoms with E-state index in [4.69, 9.17) is 5.73 Å². The molecular formula is C13H23N3S. The van der Waals surface area contributed by atoms with Crippen LogP contribution in [-0.2, 0) is 0 Å². The first kappa shape index (κ1) is 13.0. The summed E-state index contributed by atoms with van der Waals surface area (Å²) in [6.07, 6.45) is 8.48. The van der Waals surface area contributed by atoms with Gasteiger partial charge >= 0.3 is 0 Å². The monoisotopic (exact) mass is 253 g/mol. The largest absolute Gasteiger partial charge is 0.330 e. The van der Waals surface area contributed by atoms with Crippen molar-refractivity contribution in [3.8, 4) is 0 Å². The Kier molecular flexibility index (Phi) is 4.54. The Balaban J connectivity index is 1.87. The summed E-state index contributed by atoms with van der Waals surface area (Å²) in [6.45, 7) is 4.03. The van der Waals surface area contributed by atoms with Crippen molar-refractivity contribution >= 4 is 11.3 Å². The minimum Gasteiger partial charge on any atom is -0.330 e. The lowest BCUT2D eigenvalue weighted by molar-refractivity contribution is 0.186. The number of hydrogen-bond donors (Lipinski definition) is 2. The van der Waals surface area contributed by atoms with E-state index in [1.807, 2.05) is 11.6 Å². The number of aromatic nitrogens is 1. The molecule has 0 amide bonds. The third kappa shape index (κ3) is 3.27. The van der Waals surface area contributed by atoms with Gasteiger partial charge in [0, 0.05) is 18.1 Å². The first-order valence-corrected chi connectivity index (χ1v) is 7.47. The minimum absolute atomic E-state index is 0.337. The SMILES string of the molecule is CC(NCC1(CN)CCCCC1)c1nccs1. The van der Waals surface area contributed by atoms with Crippen LogP contribution in [0.3, 0.4) is 0 Å². The molecule has 0 spiro atoms. The molecule has 0 aromatic carbocycles. The van der Waals surface area contributed by atoms with Crippen LogP contribution >= 0.6 is 11.3 Å². The number of thiazole rings is 1. The van der Waals surface area contributed by atoms with Gasteiger partial charge in [0.2, 0.25) is 0 Å². The highest BCUT2D eigenvalue weighted by Gasteiger charge is 2.30. The van der Waals surface area contributed by atoms with Crippen LogP contribution in [0, 0.1) is 5.41 Å². The van der Waals surface area contributed by atoms with Crippen molar-refractivity contribution in [2.24, 2.45) is 11.1 Å². The maximum atomic E-state index is 5.99. The molecule has 96 valence electrons. The molecule has 17 heavy (non-hydrogen) atoms. The normalized spacial score (nSPS) is 21.3. The van der Waals surface area contributed by atoms with Crippen LogP contribution in [0.5, 0.6) is 0 Å². The molecule has 0 bridgehead atoms. The van der Waals surface area contributed by atoms with Gasteiger partial charge in [0.1, 0.15) is 5.01 Å². The predicted molar refractivity (Wildman–Crippen MR) is 73.1 cm³/mol. The van der Waals surface area contributed by atoms with Gasteiger partial charge < -0.3 is 11.1 Å². The van der Waals surface area contributed by atoms with Gasteiger partial charge in [-0.2, -0.15) is 0 Å². The number of nitrogens with one attached hydrogen (secondary N) is 1. The molecule has 1 saturated carbocycles. The average Bonchev–Trinajstić information content (AvgIpc) is 2.91. The van der Waals surface area contributed by atoms with Crippen molar-refractivity contribution < 1.29 is 0 Å². The zero-order valence-electron chi connectivity index (χ0n) is 10.6. The Morgan fingerprint density at radius 2 is 2.24 bits per heavy atom. The third-order valence-corrected chi connectivity index (χ3v) is 4.91. The van der Waals surface area contributed by atoms with Gasteiger partial charge in [-0.15, -0.1) is 11.3 Å². The van der Waals surface area contributed by atoms with E-state index in [1.165, 1.54) is 37.1 Å². The fourth-order valence-electron chi connectivity index (χ4n) is 2.66. The first-order chi connectivity index (χ1) is 8.26. The molecule has 0 radical (unpaired) electrons. The van der Waals surface area contributed by atoms with E-state index in [2.05, 4.69) is 17.2 Å². The van der Waals surface area contributed by atoms with Crippen LogP contribution in [0.25, 0.3) is 0 Å². The van der Waals surface area contributed by atoms with Crippen LogP contribution < -0.4 is 11.1 Å². The molecule has 1 heterocycles. The Hall–Kier alpha value is -0.450. The molecule has 0 saturated heterocycles. The summed E-state index contributed by atoms with van der Waals surface area (Å²) < 4.78 is 0. The van der Waals surface area contributed by atoms with Gasteiger partial charge in [0.25, 0.3) is 0 Å². The summed E-state index contributed by atoms with van der Waals surface area (Å²) in [4.78, 5) is 4.35. The second-order valence-electron chi connectivity index (χ2n) is 5.24. The molecule has 3 nitrogen and oxygen atoms in total. The second kappa shape index (κ2) is 5.94. The van der Waals surface area contributed by atoms with Gasteiger partial charge in [-0.05, 0) is 31.7 Å². The number of nitrogens with zero attached hydrogens (tertiary/aromatic N) is 1. The molecule has 1 aliphatic rings. The fraction of sp³-hybridized carbons (Fsp3) is 0.769. The molecule has 1 aromatic rings. The predicted octanol–water partition coefficient (Wildman–Crippen LogP) is 2.70.